The van der Waals surface area contributed by atoms with Crippen LogP contribution in [-0.2, 0) is 11.3 Å². The number of halogens is 1. The van der Waals surface area contributed by atoms with Gasteiger partial charge in [0.05, 0.1) is 5.39 Å². The molecule has 0 saturated heterocycles. The van der Waals surface area contributed by atoms with E-state index in [9.17, 15) is 9.59 Å². The molecule has 124 valence electrons. The highest BCUT2D eigenvalue weighted by atomic mass is 35.5. The molecule has 24 heavy (non-hydrogen) atoms. The van der Waals surface area contributed by atoms with Gasteiger partial charge in [0.2, 0.25) is 5.95 Å². The van der Waals surface area contributed by atoms with E-state index in [2.05, 4.69) is 20.3 Å². The van der Waals surface area contributed by atoms with Gasteiger partial charge >= 0.3 is 0 Å². The number of nitrogens with zero attached hydrogens (tertiary/aromatic N) is 1. The molecule has 5 N–H and O–H groups in total. The van der Waals surface area contributed by atoms with Gasteiger partial charge in [0, 0.05) is 23.3 Å². The van der Waals surface area contributed by atoms with Crippen LogP contribution in [0, 0.1) is 0 Å². The fourth-order valence-electron chi connectivity index (χ4n) is 2.18. The van der Waals surface area contributed by atoms with E-state index in [0.29, 0.717) is 27.4 Å². The van der Waals surface area contributed by atoms with E-state index < -0.39 is 0 Å². The second-order valence-electron chi connectivity index (χ2n) is 5.01. The summed E-state index contributed by atoms with van der Waals surface area (Å²) in [4.78, 5) is 33.0. The Kier molecular flexibility index (Phi) is 4.39. The van der Waals surface area contributed by atoms with E-state index in [0.717, 1.165) is 0 Å². The van der Waals surface area contributed by atoms with Gasteiger partial charge in [-0.05, 0) is 24.3 Å². The zero-order valence-corrected chi connectivity index (χ0v) is 13.2. The summed E-state index contributed by atoms with van der Waals surface area (Å²) in [5.74, 6) is 0.248. The Bertz CT molecular complexity index is 932. The maximum Gasteiger partial charge on any atom is 0.262 e. The number of fused-ring (bicyclic) bond motifs is 1. The number of hydrogen-bond donors (Lipinski definition) is 4. The van der Waals surface area contributed by atoms with Crippen LogP contribution in [0.25, 0.3) is 11.0 Å². The molecule has 8 nitrogen and oxygen atoms in total. The van der Waals surface area contributed by atoms with Gasteiger partial charge in [0.1, 0.15) is 11.4 Å². The normalized spacial score (nSPS) is 10.7. The molecular weight excluding hydrogens is 334 g/mol. The fourth-order valence-corrected chi connectivity index (χ4v) is 2.31. The number of aromatic amines is 2. The van der Waals surface area contributed by atoms with Crippen molar-refractivity contribution in [3.05, 3.63) is 51.4 Å². The molecule has 0 aliphatic carbocycles. The van der Waals surface area contributed by atoms with Gasteiger partial charge in [-0.15, -0.1) is 0 Å². The lowest BCUT2D eigenvalue weighted by atomic mass is 10.2. The number of nitrogens with one attached hydrogen (secondary N) is 3. The van der Waals surface area contributed by atoms with Crippen molar-refractivity contribution in [2.75, 3.05) is 12.3 Å². The Morgan fingerprint density at radius 2 is 2.08 bits per heavy atom. The van der Waals surface area contributed by atoms with Crippen LogP contribution < -0.4 is 21.3 Å². The fraction of sp³-hybridized carbons (Fsp3) is 0.133. The molecular formula is C15H14ClN5O3. The quantitative estimate of drug-likeness (QED) is 0.551. The number of rotatable bonds is 5. The molecule has 3 rings (SSSR count). The number of ether oxygens (including phenoxy) is 1. The summed E-state index contributed by atoms with van der Waals surface area (Å²) in [5, 5.41) is 3.63. The predicted molar refractivity (Wildman–Crippen MR) is 89.9 cm³/mol. The zero-order chi connectivity index (χ0) is 17.1. The molecule has 0 spiro atoms. The number of anilines is 1. The lowest BCUT2D eigenvalue weighted by Crippen LogP contribution is -2.28. The van der Waals surface area contributed by atoms with Gasteiger partial charge in [-0.25, -0.2) is 0 Å². The molecule has 0 saturated carbocycles. The van der Waals surface area contributed by atoms with Crippen molar-refractivity contribution < 1.29 is 9.53 Å². The number of nitrogens with two attached hydrogens (primary N) is 1. The Morgan fingerprint density at radius 1 is 1.33 bits per heavy atom. The highest BCUT2D eigenvalue weighted by molar-refractivity contribution is 6.30. The Balaban J connectivity index is 1.60. The van der Waals surface area contributed by atoms with Gasteiger partial charge in [0.15, 0.2) is 6.61 Å². The number of amides is 1. The van der Waals surface area contributed by atoms with Gasteiger partial charge in [-0.1, -0.05) is 11.6 Å². The molecule has 0 aliphatic rings. The van der Waals surface area contributed by atoms with Gasteiger partial charge in [-0.2, -0.15) is 4.98 Å². The van der Waals surface area contributed by atoms with E-state index in [4.69, 9.17) is 22.1 Å². The van der Waals surface area contributed by atoms with Crippen LogP contribution in [0.1, 0.15) is 5.56 Å². The lowest BCUT2D eigenvalue weighted by molar-refractivity contribution is -0.123. The number of H-pyrrole nitrogens is 2. The summed E-state index contributed by atoms with van der Waals surface area (Å²) in [6, 6.07) is 6.69. The second-order valence-corrected chi connectivity index (χ2v) is 5.44. The molecule has 9 heteroatoms. The van der Waals surface area contributed by atoms with E-state index in [1.165, 1.54) is 0 Å². The molecule has 2 aromatic heterocycles. The molecule has 0 bridgehead atoms. The van der Waals surface area contributed by atoms with Crippen molar-refractivity contribution in [2.24, 2.45) is 0 Å². The third kappa shape index (κ3) is 3.49. The number of benzene rings is 1. The molecule has 0 aliphatic heterocycles. The molecule has 0 atom stereocenters. The van der Waals surface area contributed by atoms with Gasteiger partial charge in [0.25, 0.3) is 11.5 Å². The van der Waals surface area contributed by atoms with Crippen LogP contribution in [0.2, 0.25) is 5.02 Å². The van der Waals surface area contributed by atoms with E-state index >= 15 is 0 Å². The topological polar surface area (TPSA) is 126 Å². The Morgan fingerprint density at radius 3 is 2.83 bits per heavy atom. The van der Waals surface area contributed by atoms with Crippen molar-refractivity contribution in [2.45, 2.75) is 6.54 Å². The number of aromatic nitrogens is 3. The van der Waals surface area contributed by atoms with Crippen LogP contribution in [0.5, 0.6) is 5.75 Å². The summed E-state index contributed by atoms with van der Waals surface area (Å²) in [7, 11) is 0. The van der Waals surface area contributed by atoms with Crippen molar-refractivity contribution in [1.29, 1.82) is 0 Å². The second kappa shape index (κ2) is 6.63. The monoisotopic (exact) mass is 347 g/mol. The summed E-state index contributed by atoms with van der Waals surface area (Å²) in [6.45, 7) is 0.0169. The zero-order valence-electron chi connectivity index (χ0n) is 12.4. The van der Waals surface area contributed by atoms with Crippen molar-refractivity contribution in [1.82, 2.24) is 20.3 Å². The first-order valence-electron chi connectivity index (χ1n) is 7.04. The maximum absolute atomic E-state index is 11.9. The average Bonchev–Trinajstić information content (AvgIpc) is 2.95. The summed E-state index contributed by atoms with van der Waals surface area (Å²) in [6.07, 6.45) is 1.60. The first-order valence-corrected chi connectivity index (χ1v) is 7.41. The van der Waals surface area contributed by atoms with E-state index in [1.807, 2.05) is 0 Å². The standard InChI is InChI=1S/C15H14ClN5O3/c16-9-1-3-10(4-2-9)24-7-11(22)18-5-8-6-19-13-12(8)14(23)21-15(17)20-13/h1-4,6H,5,7H2,(H,18,22)(H4,17,19,20,21,23). The molecule has 1 amide bonds. The van der Waals surface area contributed by atoms with Crippen LogP contribution in [0.4, 0.5) is 5.95 Å². The number of carbonyl (C=O) groups excluding carboxylic acids is 1. The minimum absolute atomic E-state index is 0.0290. The first kappa shape index (κ1) is 15.9. The largest absolute Gasteiger partial charge is 0.484 e. The third-order valence-corrected chi connectivity index (χ3v) is 3.55. The van der Waals surface area contributed by atoms with Crippen LogP contribution >= 0.6 is 11.6 Å². The number of carbonyl (C=O) groups is 1. The molecule has 0 radical (unpaired) electrons. The van der Waals surface area contributed by atoms with Gasteiger partial charge in [-0.3, -0.25) is 14.6 Å². The number of nitrogen functional groups attached to an aromatic ring is 1. The smallest absolute Gasteiger partial charge is 0.262 e. The Hall–Kier alpha value is -3.00. The third-order valence-electron chi connectivity index (χ3n) is 3.30. The SMILES string of the molecule is Nc1nc2[nH]cc(CNC(=O)COc3ccc(Cl)cc3)c2c(=O)[nH]1. The average molecular weight is 348 g/mol. The van der Waals surface area contributed by atoms with Crippen molar-refractivity contribution >= 4 is 34.5 Å². The summed E-state index contributed by atoms with van der Waals surface area (Å²) in [5.41, 5.74) is 6.10. The molecule has 2 heterocycles. The van der Waals surface area contributed by atoms with E-state index in [-0.39, 0.29) is 30.6 Å². The van der Waals surface area contributed by atoms with Gasteiger partial charge < -0.3 is 20.8 Å². The summed E-state index contributed by atoms with van der Waals surface area (Å²) < 4.78 is 5.34. The minimum atomic E-state index is -0.361. The van der Waals surface area contributed by atoms with Crippen LogP contribution in [0.3, 0.4) is 0 Å². The predicted octanol–water partition coefficient (Wildman–Crippen LogP) is 1.18. The maximum atomic E-state index is 11.9. The van der Waals surface area contributed by atoms with Crippen LogP contribution in [0.15, 0.2) is 35.3 Å². The molecule has 3 aromatic rings. The molecule has 0 unspecified atom stereocenters. The summed E-state index contributed by atoms with van der Waals surface area (Å²) >= 11 is 5.77. The number of hydrogen-bond acceptors (Lipinski definition) is 5. The molecule has 1 aromatic carbocycles. The van der Waals surface area contributed by atoms with E-state index in [1.54, 1.807) is 30.5 Å². The Labute approximate surface area is 141 Å². The molecule has 0 fully saturated rings. The highest BCUT2D eigenvalue weighted by Gasteiger charge is 2.11. The first-order chi connectivity index (χ1) is 11.5. The van der Waals surface area contributed by atoms with Crippen molar-refractivity contribution in [3.8, 4) is 5.75 Å². The van der Waals surface area contributed by atoms with Crippen molar-refractivity contribution in [3.63, 3.8) is 0 Å². The minimum Gasteiger partial charge on any atom is -0.484 e. The lowest BCUT2D eigenvalue weighted by Gasteiger charge is -2.07. The highest BCUT2D eigenvalue weighted by Crippen LogP contribution is 2.15. The van der Waals surface area contributed by atoms with Crippen LogP contribution in [-0.4, -0.2) is 27.5 Å².